The van der Waals surface area contributed by atoms with Crippen LogP contribution in [0.2, 0.25) is 0 Å². The van der Waals surface area contributed by atoms with E-state index in [1.54, 1.807) is 33.3 Å². The van der Waals surface area contributed by atoms with Gasteiger partial charge in [0, 0.05) is 37.6 Å². The van der Waals surface area contributed by atoms with E-state index in [1.807, 2.05) is 30.3 Å². The number of amides is 3. The number of ether oxygens (including phenoxy) is 1. The molecule has 1 aromatic carbocycles. The molecule has 0 bridgehead atoms. The molecule has 0 fully saturated rings. The molecule has 0 radical (unpaired) electrons. The van der Waals surface area contributed by atoms with E-state index in [-0.39, 0.29) is 17.2 Å². The quantitative estimate of drug-likeness (QED) is 0.504. The molecule has 1 heterocycles. The van der Waals surface area contributed by atoms with Crippen LogP contribution >= 0.6 is 11.8 Å². The molecule has 26 heavy (non-hydrogen) atoms. The number of hydrazone groups is 1. The first-order valence-electron chi connectivity index (χ1n) is 7.55. The van der Waals surface area contributed by atoms with Gasteiger partial charge in [0.15, 0.2) is 5.75 Å². The number of pyridine rings is 1. The number of urea groups is 1. The Morgan fingerprint density at radius 3 is 2.42 bits per heavy atom. The normalized spacial score (nSPS) is 11.0. The van der Waals surface area contributed by atoms with Crippen molar-refractivity contribution in [3.05, 3.63) is 48.3 Å². The summed E-state index contributed by atoms with van der Waals surface area (Å²) in [5.41, 5.74) is 7.05. The maximum Gasteiger partial charge on any atom is 0.414 e. The summed E-state index contributed by atoms with van der Waals surface area (Å²) in [4.78, 5) is 28.7. The van der Waals surface area contributed by atoms with Crippen LogP contribution in [0.3, 0.4) is 0 Å². The number of aromatic nitrogens is 1. The van der Waals surface area contributed by atoms with Crippen molar-refractivity contribution in [1.29, 1.82) is 0 Å². The number of halogens is 1. The van der Waals surface area contributed by atoms with Crippen molar-refractivity contribution in [2.45, 2.75) is 6.92 Å². The summed E-state index contributed by atoms with van der Waals surface area (Å²) in [6, 6.07) is 10.1. The largest absolute Gasteiger partial charge is 0.414 e. The smallest absolute Gasteiger partial charge is 0.407 e. The van der Waals surface area contributed by atoms with Gasteiger partial charge in [0.2, 0.25) is 0 Å². The molecule has 8 nitrogen and oxygen atoms in total. The molecule has 0 aliphatic heterocycles. The van der Waals surface area contributed by atoms with Crippen LogP contribution in [0.25, 0.3) is 11.1 Å². The van der Waals surface area contributed by atoms with Gasteiger partial charge in [-0.15, -0.1) is 4.53 Å². The zero-order valence-corrected chi connectivity index (χ0v) is 15.3. The second-order valence-corrected chi connectivity index (χ2v) is 5.77. The molecule has 0 atom stereocenters. The van der Waals surface area contributed by atoms with Crippen molar-refractivity contribution in [1.82, 2.24) is 14.4 Å². The third kappa shape index (κ3) is 4.48. The fourth-order valence-electron chi connectivity index (χ4n) is 2.06. The number of hydrogen-bond acceptors (Lipinski definition) is 5. The molecule has 0 unspecified atom stereocenters. The highest BCUT2D eigenvalue weighted by Gasteiger charge is 2.20. The molecular formula is C17H18ClN5O3. The van der Waals surface area contributed by atoms with E-state index in [2.05, 4.69) is 10.1 Å². The van der Waals surface area contributed by atoms with Gasteiger partial charge < -0.3 is 15.4 Å². The van der Waals surface area contributed by atoms with Crippen LogP contribution in [0.1, 0.15) is 12.6 Å². The lowest BCUT2D eigenvalue weighted by atomic mass is 10.0. The van der Waals surface area contributed by atoms with Crippen molar-refractivity contribution in [3.8, 4) is 16.9 Å². The number of nitrogens with two attached hydrogens (primary N) is 1. The Kier molecular flexibility index (Phi) is 6.13. The first-order valence-corrected chi connectivity index (χ1v) is 7.89. The molecule has 1 aromatic heterocycles. The van der Waals surface area contributed by atoms with Gasteiger partial charge >= 0.3 is 12.1 Å². The lowest BCUT2D eigenvalue weighted by Crippen LogP contribution is -2.27. The summed E-state index contributed by atoms with van der Waals surface area (Å²) in [6.07, 6.45) is 0.967. The molecule has 0 saturated carbocycles. The average molecular weight is 376 g/mol. The number of primary amides is 1. The highest BCUT2D eigenvalue weighted by molar-refractivity contribution is 6.21. The predicted molar refractivity (Wildman–Crippen MR) is 98.9 cm³/mol. The summed E-state index contributed by atoms with van der Waals surface area (Å²) in [6.45, 7) is 1.57. The van der Waals surface area contributed by atoms with Gasteiger partial charge in [-0.3, -0.25) is 4.98 Å². The average Bonchev–Trinajstić information content (AvgIpc) is 2.62. The zero-order valence-electron chi connectivity index (χ0n) is 14.5. The molecule has 0 aliphatic rings. The summed E-state index contributed by atoms with van der Waals surface area (Å²) in [5.74, 6) is 0.202. The summed E-state index contributed by atoms with van der Waals surface area (Å²) >= 11 is 5.65. The second kappa shape index (κ2) is 8.30. The third-order valence-corrected chi connectivity index (χ3v) is 3.55. The third-order valence-electron chi connectivity index (χ3n) is 3.31. The molecule has 3 amide bonds. The zero-order chi connectivity index (χ0) is 19.3. The maximum atomic E-state index is 12.1. The van der Waals surface area contributed by atoms with Crippen LogP contribution < -0.4 is 10.5 Å². The number of hydrogen-bond donors (Lipinski definition) is 1. The number of carbonyl (C=O) groups is 2. The van der Waals surface area contributed by atoms with Crippen LogP contribution in [0.15, 0.2) is 47.7 Å². The Hall–Kier alpha value is -3.13. The van der Waals surface area contributed by atoms with Gasteiger partial charge in [0.05, 0.1) is 5.71 Å². The summed E-state index contributed by atoms with van der Waals surface area (Å²) in [5, 5.41) is 3.87. The Morgan fingerprint density at radius 2 is 1.85 bits per heavy atom. The van der Waals surface area contributed by atoms with Gasteiger partial charge in [0.25, 0.3) is 0 Å². The summed E-state index contributed by atoms with van der Waals surface area (Å²) < 4.78 is 5.98. The van der Waals surface area contributed by atoms with E-state index < -0.39 is 12.1 Å². The van der Waals surface area contributed by atoms with Crippen LogP contribution in [0.4, 0.5) is 9.59 Å². The standard InChI is InChI=1S/C17H18ClN5O3/c1-11(21-23(18)16(19)24)14-15(26-17(25)22(2)3)13(9-10-20-14)12-7-5-4-6-8-12/h4-10H,1-3H3,(H2,19,24). The minimum atomic E-state index is -0.947. The van der Waals surface area contributed by atoms with Crippen molar-refractivity contribution in [3.63, 3.8) is 0 Å². The fraction of sp³-hybridized carbons (Fsp3) is 0.176. The predicted octanol–water partition coefficient (Wildman–Crippen LogP) is 3.07. The molecule has 0 saturated heterocycles. The second-order valence-electron chi connectivity index (χ2n) is 5.45. The van der Waals surface area contributed by atoms with Crippen molar-refractivity contribution in [2.24, 2.45) is 10.8 Å². The molecule has 0 aliphatic carbocycles. The lowest BCUT2D eigenvalue weighted by molar-refractivity contribution is 0.172. The highest BCUT2D eigenvalue weighted by atomic mass is 35.5. The van der Waals surface area contributed by atoms with Gasteiger partial charge in [0.1, 0.15) is 5.69 Å². The molecule has 2 N–H and O–H groups in total. The van der Waals surface area contributed by atoms with E-state index in [9.17, 15) is 9.59 Å². The summed E-state index contributed by atoms with van der Waals surface area (Å²) in [7, 11) is 3.13. The van der Waals surface area contributed by atoms with Gasteiger partial charge in [-0.2, -0.15) is 5.10 Å². The highest BCUT2D eigenvalue weighted by Crippen LogP contribution is 2.33. The van der Waals surface area contributed by atoms with E-state index in [0.717, 1.165) is 5.56 Å². The SMILES string of the molecule is CC(=NN(Cl)C(N)=O)c1nccc(-c2ccccc2)c1OC(=O)N(C)C. The minimum absolute atomic E-state index is 0.202. The van der Waals surface area contributed by atoms with Crippen LogP contribution in [-0.2, 0) is 0 Å². The Morgan fingerprint density at radius 1 is 1.19 bits per heavy atom. The minimum Gasteiger partial charge on any atom is -0.407 e. The first-order chi connectivity index (χ1) is 12.3. The molecule has 2 aromatic rings. The van der Waals surface area contributed by atoms with Crippen LogP contribution in [-0.4, -0.2) is 46.3 Å². The Bertz CT molecular complexity index is 840. The monoisotopic (exact) mass is 375 g/mol. The number of rotatable bonds is 4. The van der Waals surface area contributed by atoms with Crippen molar-refractivity contribution in [2.75, 3.05) is 14.1 Å². The molecule has 0 spiro atoms. The molecular weight excluding hydrogens is 358 g/mol. The Balaban J connectivity index is 2.61. The molecule has 9 heteroatoms. The molecule has 2 rings (SSSR count). The van der Waals surface area contributed by atoms with Crippen LogP contribution in [0, 0.1) is 0 Å². The maximum absolute atomic E-state index is 12.1. The van der Waals surface area contributed by atoms with Crippen LogP contribution in [0.5, 0.6) is 5.75 Å². The van der Waals surface area contributed by atoms with Crippen molar-refractivity contribution >= 4 is 29.6 Å². The number of nitrogens with zero attached hydrogens (tertiary/aromatic N) is 4. The van der Waals surface area contributed by atoms with E-state index in [4.69, 9.17) is 22.2 Å². The molecule has 136 valence electrons. The number of benzene rings is 1. The van der Waals surface area contributed by atoms with Gasteiger partial charge in [-0.05, 0) is 18.6 Å². The fourth-order valence-corrected chi connectivity index (χ4v) is 2.17. The van der Waals surface area contributed by atoms with Gasteiger partial charge in [-0.25, -0.2) is 9.59 Å². The lowest BCUT2D eigenvalue weighted by Gasteiger charge is -2.17. The first kappa shape index (κ1) is 19.2. The van der Waals surface area contributed by atoms with E-state index in [0.29, 0.717) is 10.1 Å². The Labute approximate surface area is 155 Å². The van der Waals surface area contributed by atoms with E-state index in [1.165, 1.54) is 4.90 Å². The van der Waals surface area contributed by atoms with Gasteiger partial charge in [-0.1, -0.05) is 30.3 Å². The number of carbonyl (C=O) groups excluding carboxylic acids is 2. The van der Waals surface area contributed by atoms with E-state index >= 15 is 0 Å². The topological polar surface area (TPSA) is 101 Å². The van der Waals surface area contributed by atoms with Crippen molar-refractivity contribution < 1.29 is 14.3 Å².